The first-order chi connectivity index (χ1) is 11.3. The molecule has 0 saturated carbocycles. The van der Waals surface area contributed by atoms with E-state index in [4.69, 9.17) is 0 Å². The van der Waals surface area contributed by atoms with Crippen LogP contribution in [0.3, 0.4) is 0 Å². The third-order valence-electron chi connectivity index (χ3n) is 3.20. The molecule has 8 heteroatoms. The molecule has 0 aliphatic carbocycles. The first-order valence-corrected chi connectivity index (χ1v) is 10.2. The Bertz CT molecular complexity index is 837. The van der Waals surface area contributed by atoms with E-state index in [1.807, 2.05) is 6.92 Å². The van der Waals surface area contributed by atoms with Crippen LogP contribution in [0.4, 0.5) is 0 Å². The van der Waals surface area contributed by atoms with Crippen molar-refractivity contribution in [2.45, 2.75) is 18.4 Å². The minimum absolute atomic E-state index is 0.139. The standard InChI is InChI=1S/C16H16Br2N2O3S/c1-2-19-16(21)12-5-3-11(4-6-12)10-20-24(22,23)15-8-7-13(17)9-14(15)18/h3-9,20H,2,10H2,1H3,(H,19,21). The predicted octanol–water partition coefficient (Wildman–Crippen LogP) is 3.44. The van der Waals surface area contributed by atoms with Gasteiger partial charge in [-0.05, 0) is 58.7 Å². The number of hydrogen-bond donors (Lipinski definition) is 2. The van der Waals surface area contributed by atoms with Crippen LogP contribution in [-0.4, -0.2) is 20.9 Å². The maximum absolute atomic E-state index is 12.4. The Labute approximate surface area is 158 Å². The summed E-state index contributed by atoms with van der Waals surface area (Å²) in [6.45, 7) is 2.55. The van der Waals surface area contributed by atoms with Crippen LogP contribution >= 0.6 is 31.9 Å². The molecule has 0 aromatic heterocycles. The first kappa shape index (κ1) is 19.1. The normalized spacial score (nSPS) is 11.3. The second kappa shape index (κ2) is 8.24. The molecule has 0 heterocycles. The molecule has 0 unspecified atom stereocenters. The molecular weight excluding hydrogens is 460 g/mol. The van der Waals surface area contributed by atoms with Gasteiger partial charge in [0, 0.05) is 27.6 Å². The van der Waals surface area contributed by atoms with Gasteiger partial charge in [-0.15, -0.1) is 0 Å². The Hall–Kier alpha value is -1.22. The lowest BCUT2D eigenvalue weighted by Crippen LogP contribution is -2.24. The minimum atomic E-state index is -3.64. The molecule has 1 amide bonds. The lowest BCUT2D eigenvalue weighted by molar-refractivity contribution is 0.0956. The lowest BCUT2D eigenvalue weighted by Gasteiger charge is -2.09. The van der Waals surface area contributed by atoms with E-state index < -0.39 is 10.0 Å². The molecule has 2 aromatic carbocycles. The highest BCUT2D eigenvalue weighted by molar-refractivity contribution is 9.11. The van der Waals surface area contributed by atoms with Crippen molar-refractivity contribution in [1.29, 1.82) is 0 Å². The average Bonchev–Trinajstić information content (AvgIpc) is 2.53. The molecule has 24 heavy (non-hydrogen) atoms. The fourth-order valence-corrected chi connectivity index (χ4v) is 4.75. The van der Waals surface area contributed by atoms with E-state index in [0.717, 1.165) is 10.0 Å². The Kier molecular flexibility index (Phi) is 6.56. The van der Waals surface area contributed by atoms with Gasteiger partial charge in [0.05, 0.1) is 4.90 Å². The highest BCUT2D eigenvalue weighted by Crippen LogP contribution is 2.25. The summed E-state index contributed by atoms with van der Waals surface area (Å²) in [6, 6.07) is 11.7. The van der Waals surface area contributed by atoms with Gasteiger partial charge in [-0.1, -0.05) is 28.1 Å². The summed E-state index contributed by atoms with van der Waals surface area (Å²) < 4.78 is 28.6. The van der Waals surface area contributed by atoms with Crippen molar-refractivity contribution >= 4 is 47.8 Å². The summed E-state index contributed by atoms with van der Waals surface area (Å²) in [5, 5.41) is 2.71. The van der Waals surface area contributed by atoms with Crippen molar-refractivity contribution in [3.05, 3.63) is 62.5 Å². The van der Waals surface area contributed by atoms with Gasteiger partial charge in [-0.3, -0.25) is 4.79 Å². The van der Waals surface area contributed by atoms with Gasteiger partial charge < -0.3 is 5.32 Å². The SMILES string of the molecule is CCNC(=O)c1ccc(CNS(=O)(=O)c2ccc(Br)cc2Br)cc1. The van der Waals surface area contributed by atoms with E-state index in [1.54, 1.807) is 36.4 Å². The van der Waals surface area contributed by atoms with Crippen LogP contribution < -0.4 is 10.0 Å². The van der Waals surface area contributed by atoms with Crippen molar-refractivity contribution in [2.24, 2.45) is 0 Å². The second-order valence-corrected chi connectivity index (χ2v) is 8.46. The largest absolute Gasteiger partial charge is 0.352 e. The predicted molar refractivity (Wildman–Crippen MR) is 100 cm³/mol. The smallest absolute Gasteiger partial charge is 0.251 e. The second-order valence-electron chi connectivity index (χ2n) is 4.96. The van der Waals surface area contributed by atoms with E-state index >= 15 is 0 Å². The van der Waals surface area contributed by atoms with Crippen LogP contribution in [0, 0.1) is 0 Å². The average molecular weight is 476 g/mol. The molecule has 128 valence electrons. The Balaban J connectivity index is 2.08. The molecule has 0 aliphatic heterocycles. The summed E-state index contributed by atoms with van der Waals surface area (Å²) in [7, 11) is -3.64. The zero-order valence-electron chi connectivity index (χ0n) is 12.8. The van der Waals surface area contributed by atoms with E-state index in [-0.39, 0.29) is 17.3 Å². The summed E-state index contributed by atoms with van der Waals surface area (Å²) in [5.74, 6) is -0.150. The number of hydrogen-bond acceptors (Lipinski definition) is 3. The highest BCUT2D eigenvalue weighted by Gasteiger charge is 2.17. The minimum Gasteiger partial charge on any atom is -0.352 e. The number of amides is 1. The molecule has 2 rings (SSSR count). The van der Waals surface area contributed by atoms with Gasteiger partial charge in [-0.2, -0.15) is 0 Å². The monoisotopic (exact) mass is 474 g/mol. The number of rotatable bonds is 6. The Morgan fingerprint density at radius 1 is 1.08 bits per heavy atom. The van der Waals surface area contributed by atoms with Gasteiger partial charge in [-0.25, -0.2) is 13.1 Å². The number of carbonyl (C=O) groups is 1. The van der Waals surface area contributed by atoms with E-state index in [0.29, 0.717) is 16.6 Å². The van der Waals surface area contributed by atoms with Crippen LogP contribution in [0.2, 0.25) is 0 Å². The molecule has 2 aromatic rings. The van der Waals surface area contributed by atoms with Gasteiger partial charge in [0.15, 0.2) is 0 Å². The van der Waals surface area contributed by atoms with Crippen LogP contribution in [-0.2, 0) is 16.6 Å². The molecular formula is C16H16Br2N2O3S. The topological polar surface area (TPSA) is 75.3 Å². The van der Waals surface area contributed by atoms with Gasteiger partial charge in [0.2, 0.25) is 10.0 Å². The van der Waals surface area contributed by atoms with E-state index in [9.17, 15) is 13.2 Å². The van der Waals surface area contributed by atoms with Crippen molar-refractivity contribution in [1.82, 2.24) is 10.0 Å². The van der Waals surface area contributed by atoms with Crippen LogP contribution in [0.25, 0.3) is 0 Å². The van der Waals surface area contributed by atoms with Crippen molar-refractivity contribution in [2.75, 3.05) is 6.54 Å². The molecule has 0 aliphatic rings. The molecule has 0 fully saturated rings. The summed E-state index contributed by atoms with van der Waals surface area (Å²) >= 11 is 6.55. The quantitative estimate of drug-likeness (QED) is 0.671. The molecule has 0 saturated heterocycles. The summed E-state index contributed by atoms with van der Waals surface area (Å²) in [4.78, 5) is 11.9. The fourth-order valence-electron chi connectivity index (χ4n) is 1.99. The number of benzene rings is 2. The molecule has 0 atom stereocenters. The number of sulfonamides is 1. The fraction of sp³-hybridized carbons (Fsp3) is 0.188. The third kappa shape index (κ3) is 4.89. The van der Waals surface area contributed by atoms with Crippen molar-refractivity contribution in [3.63, 3.8) is 0 Å². The molecule has 0 spiro atoms. The van der Waals surface area contributed by atoms with Crippen LogP contribution in [0.5, 0.6) is 0 Å². The van der Waals surface area contributed by atoms with E-state index in [1.165, 1.54) is 6.07 Å². The lowest BCUT2D eigenvalue weighted by atomic mass is 10.1. The van der Waals surface area contributed by atoms with Gasteiger partial charge >= 0.3 is 0 Å². The zero-order chi connectivity index (χ0) is 17.7. The molecule has 5 nitrogen and oxygen atoms in total. The zero-order valence-corrected chi connectivity index (χ0v) is 16.8. The molecule has 2 N–H and O–H groups in total. The van der Waals surface area contributed by atoms with Crippen LogP contribution in [0.1, 0.15) is 22.8 Å². The maximum atomic E-state index is 12.4. The Morgan fingerprint density at radius 2 is 1.75 bits per heavy atom. The number of nitrogens with one attached hydrogen (secondary N) is 2. The first-order valence-electron chi connectivity index (χ1n) is 7.15. The third-order valence-corrected chi connectivity index (χ3v) is 6.07. The molecule has 0 bridgehead atoms. The Morgan fingerprint density at radius 3 is 2.33 bits per heavy atom. The summed E-state index contributed by atoms with van der Waals surface area (Å²) in [6.07, 6.45) is 0. The highest BCUT2D eigenvalue weighted by atomic mass is 79.9. The maximum Gasteiger partial charge on any atom is 0.251 e. The van der Waals surface area contributed by atoms with Gasteiger partial charge in [0.1, 0.15) is 0 Å². The van der Waals surface area contributed by atoms with Crippen LogP contribution in [0.15, 0.2) is 56.3 Å². The molecule has 0 radical (unpaired) electrons. The van der Waals surface area contributed by atoms with E-state index in [2.05, 4.69) is 41.9 Å². The summed E-state index contributed by atoms with van der Waals surface area (Å²) in [5.41, 5.74) is 1.30. The van der Waals surface area contributed by atoms with Crippen molar-refractivity contribution < 1.29 is 13.2 Å². The van der Waals surface area contributed by atoms with Gasteiger partial charge in [0.25, 0.3) is 5.91 Å². The van der Waals surface area contributed by atoms with Crippen molar-refractivity contribution in [3.8, 4) is 0 Å². The number of halogens is 2. The number of carbonyl (C=O) groups excluding carboxylic acids is 1.